The van der Waals surface area contributed by atoms with Crippen molar-refractivity contribution in [3.8, 4) is 0 Å². The number of hydrogen-bond donors (Lipinski definition) is 1. The highest BCUT2D eigenvalue weighted by atomic mass is 32.1. The highest BCUT2D eigenvalue weighted by Crippen LogP contribution is 2.15. The number of nitrogens with one attached hydrogen (secondary N) is 1. The van der Waals surface area contributed by atoms with Crippen molar-refractivity contribution < 1.29 is 0 Å². The lowest BCUT2D eigenvalue weighted by atomic mass is 10.4. The van der Waals surface area contributed by atoms with Crippen LogP contribution < -0.4 is 5.32 Å². The van der Waals surface area contributed by atoms with Crippen LogP contribution in [0.5, 0.6) is 0 Å². The molecule has 0 unspecified atom stereocenters. The second-order valence-electron chi connectivity index (χ2n) is 3.17. The van der Waals surface area contributed by atoms with Crippen LogP contribution in [0.3, 0.4) is 0 Å². The van der Waals surface area contributed by atoms with E-state index in [4.69, 9.17) is 0 Å². The predicted molar refractivity (Wildman–Crippen MR) is 63.1 cm³/mol. The molecule has 0 spiro atoms. The third-order valence-corrected chi connectivity index (χ3v) is 3.17. The lowest BCUT2D eigenvalue weighted by Crippen LogP contribution is -1.97. The van der Waals surface area contributed by atoms with Crippen LogP contribution in [0.1, 0.15) is 16.8 Å². The van der Waals surface area contributed by atoms with Crippen LogP contribution in [-0.4, -0.2) is 9.97 Å². The Morgan fingerprint density at radius 1 is 1.40 bits per heavy atom. The van der Waals surface area contributed by atoms with Gasteiger partial charge in [0, 0.05) is 23.5 Å². The molecule has 0 bridgehead atoms. The van der Waals surface area contributed by atoms with E-state index in [2.05, 4.69) is 22.2 Å². The van der Waals surface area contributed by atoms with Crippen LogP contribution >= 0.6 is 11.3 Å². The topological polar surface area (TPSA) is 37.8 Å². The number of aromatic nitrogens is 2. The number of pyridine rings is 1. The molecule has 0 radical (unpaired) electrons. The molecule has 4 heteroatoms. The monoisotopic (exact) mass is 219 g/mol. The number of anilines is 1. The van der Waals surface area contributed by atoms with Crippen LogP contribution in [0.25, 0.3) is 0 Å². The highest BCUT2D eigenvalue weighted by Gasteiger charge is 1.99. The third-order valence-electron chi connectivity index (χ3n) is 2.03. The largest absolute Gasteiger partial charge is 0.379 e. The summed E-state index contributed by atoms with van der Waals surface area (Å²) in [6, 6.07) is 3.93. The first-order chi connectivity index (χ1) is 7.38. The van der Waals surface area contributed by atoms with Gasteiger partial charge in [0.15, 0.2) is 0 Å². The van der Waals surface area contributed by atoms with Gasteiger partial charge in [-0.2, -0.15) is 0 Å². The van der Waals surface area contributed by atoms with E-state index < -0.39 is 0 Å². The molecule has 0 aliphatic rings. The van der Waals surface area contributed by atoms with Crippen molar-refractivity contribution in [1.82, 2.24) is 9.97 Å². The minimum absolute atomic E-state index is 0.823. The second kappa shape index (κ2) is 4.89. The Balaban J connectivity index is 1.93. The summed E-state index contributed by atoms with van der Waals surface area (Å²) in [6.07, 6.45) is 6.54. The fourth-order valence-corrected chi connectivity index (χ4v) is 2.05. The molecule has 15 heavy (non-hydrogen) atoms. The molecule has 0 aliphatic heterocycles. The van der Waals surface area contributed by atoms with E-state index in [0.29, 0.717) is 0 Å². The molecule has 0 saturated carbocycles. The average molecular weight is 219 g/mol. The standard InChI is InChI=1S/C11H13N3S/c1-2-11-14-8-10(15-11)7-13-9-4-3-5-12-6-9/h3-6,8,13H,2,7H2,1H3. The van der Waals surface area contributed by atoms with Gasteiger partial charge in [-0.25, -0.2) is 4.98 Å². The molecule has 0 amide bonds. The lowest BCUT2D eigenvalue weighted by Gasteiger charge is -2.02. The molecule has 0 aliphatic carbocycles. The molecular formula is C11H13N3S. The van der Waals surface area contributed by atoms with Crippen LogP contribution in [-0.2, 0) is 13.0 Å². The van der Waals surface area contributed by atoms with Crippen LogP contribution in [0, 0.1) is 0 Å². The highest BCUT2D eigenvalue weighted by molar-refractivity contribution is 7.11. The van der Waals surface area contributed by atoms with Crippen molar-refractivity contribution in [2.24, 2.45) is 0 Å². The van der Waals surface area contributed by atoms with Crippen molar-refractivity contribution in [2.45, 2.75) is 19.9 Å². The summed E-state index contributed by atoms with van der Waals surface area (Å²) in [5.74, 6) is 0. The zero-order chi connectivity index (χ0) is 10.5. The Labute approximate surface area is 93.2 Å². The summed E-state index contributed by atoms with van der Waals surface area (Å²) in [4.78, 5) is 9.61. The molecule has 2 rings (SSSR count). The first-order valence-corrected chi connectivity index (χ1v) is 5.77. The molecule has 2 aromatic heterocycles. The summed E-state index contributed by atoms with van der Waals surface area (Å²) >= 11 is 1.76. The van der Waals surface area contributed by atoms with Crippen molar-refractivity contribution in [3.63, 3.8) is 0 Å². The van der Waals surface area contributed by atoms with Crippen LogP contribution in [0.15, 0.2) is 30.7 Å². The summed E-state index contributed by atoms with van der Waals surface area (Å²) in [5, 5.41) is 4.50. The fourth-order valence-electron chi connectivity index (χ4n) is 1.25. The fraction of sp³-hybridized carbons (Fsp3) is 0.273. The third kappa shape index (κ3) is 2.76. The Kier molecular flexibility index (Phi) is 3.29. The Morgan fingerprint density at radius 3 is 3.00 bits per heavy atom. The van der Waals surface area contributed by atoms with E-state index in [0.717, 1.165) is 18.7 Å². The average Bonchev–Trinajstić information content (AvgIpc) is 2.76. The Bertz CT molecular complexity index is 411. The van der Waals surface area contributed by atoms with Gasteiger partial charge in [-0.05, 0) is 18.6 Å². The van der Waals surface area contributed by atoms with Gasteiger partial charge in [-0.1, -0.05) is 6.92 Å². The predicted octanol–water partition coefficient (Wildman–Crippen LogP) is 2.71. The van der Waals surface area contributed by atoms with Crippen molar-refractivity contribution >= 4 is 17.0 Å². The number of rotatable bonds is 4. The number of thiazole rings is 1. The maximum atomic E-state index is 4.31. The summed E-state index contributed by atoms with van der Waals surface area (Å²) in [5.41, 5.74) is 1.05. The van der Waals surface area contributed by atoms with Crippen LogP contribution in [0.4, 0.5) is 5.69 Å². The smallest absolute Gasteiger partial charge is 0.0925 e. The van der Waals surface area contributed by atoms with E-state index in [1.54, 1.807) is 17.5 Å². The summed E-state index contributed by atoms with van der Waals surface area (Å²) in [6.45, 7) is 2.94. The van der Waals surface area contributed by atoms with Gasteiger partial charge in [0.2, 0.25) is 0 Å². The van der Waals surface area contributed by atoms with E-state index in [-0.39, 0.29) is 0 Å². The number of aryl methyl sites for hydroxylation is 1. The van der Waals surface area contributed by atoms with Crippen LogP contribution in [0.2, 0.25) is 0 Å². The molecule has 78 valence electrons. The Hall–Kier alpha value is -1.42. The quantitative estimate of drug-likeness (QED) is 0.859. The van der Waals surface area contributed by atoms with Gasteiger partial charge in [-0.15, -0.1) is 11.3 Å². The van der Waals surface area contributed by atoms with E-state index in [1.807, 2.05) is 24.5 Å². The number of nitrogens with zero attached hydrogens (tertiary/aromatic N) is 2. The SMILES string of the molecule is CCc1ncc(CNc2cccnc2)s1. The Morgan fingerprint density at radius 2 is 2.33 bits per heavy atom. The molecule has 1 N–H and O–H groups in total. The van der Waals surface area contributed by atoms with Crippen molar-refractivity contribution in [3.05, 3.63) is 40.6 Å². The van der Waals surface area contributed by atoms with E-state index in [9.17, 15) is 0 Å². The maximum Gasteiger partial charge on any atom is 0.0925 e. The molecule has 2 heterocycles. The molecule has 0 fully saturated rings. The summed E-state index contributed by atoms with van der Waals surface area (Å²) in [7, 11) is 0. The molecule has 3 nitrogen and oxygen atoms in total. The minimum atomic E-state index is 0.823. The molecule has 0 aromatic carbocycles. The first-order valence-electron chi connectivity index (χ1n) is 4.96. The van der Waals surface area contributed by atoms with Gasteiger partial charge in [0.05, 0.1) is 17.2 Å². The van der Waals surface area contributed by atoms with Crippen molar-refractivity contribution in [1.29, 1.82) is 0 Å². The summed E-state index contributed by atoms with van der Waals surface area (Å²) < 4.78 is 0. The molecule has 0 saturated heterocycles. The normalized spacial score (nSPS) is 10.2. The van der Waals surface area contributed by atoms with Gasteiger partial charge in [0.1, 0.15) is 0 Å². The van der Waals surface area contributed by atoms with Crippen molar-refractivity contribution in [2.75, 3.05) is 5.32 Å². The van der Waals surface area contributed by atoms with Gasteiger partial charge in [-0.3, -0.25) is 4.98 Å². The minimum Gasteiger partial charge on any atom is -0.379 e. The van der Waals surface area contributed by atoms with E-state index in [1.165, 1.54) is 9.88 Å². The molecule has 0 atom stereocenters. The molecule has 2 aromatic rings. The zero-order valence-corrected chi connectivity index (χ0v) is 9.42. The lowest BCUT2D eigenvalue weighted by molar-refractivity contribution is 1.09. The van der Waals surface area contributed by atoms with Gasteiger partial charge < -0.3 is 5.32 Å². The van der Waals surface area contributed by atoms with Gasteiger partial charge >= 0.3 is 0 Å². The zero-order valence-electron chi connectivity index (χ0n) is 8.60. The van der Waals surface area contributed by atoms with Gasteiger partial charge in [0.25, 0.3) is 0 Å². The number of hydrogen-bond acceptors (Lipinski definition) is 4. The first kappa shape index (κ1) is 10.1. The molecular weight excluding hydrogens is 206 g/mol. The van der Waals surface area contributed by atoms with E-state index >= 15 is 0 Å². The maximum absolute atomic E-state index is 4.31. The second-order valence-corrected chi connectivity index (χ2v) is 4.37.